The minimum Gasteiger partial charge on any atom is -0.504 e. The Morgan fingerprint density at radius 2 is 1.48 bits per heavy atom. The van der Waals surface area contributed by atoms with Crippen LogP contribution in [0, 0.1) is 0 Å². The standard InChI is InChI=1S/C25H24O2/c1-25(2,3)19-15-20-23(18-12-8-5-9-13-18)22(27-24(20)21(26)16-19)14-17-10-6-4-7-11-17/h4-13,15-16,26H,14H2,1-3H3. The fourth-order valence-electron chi connectivity index (χ4n) is 3.49. The van der Waals surface area contributed by atoms with Crippen molar-refractivity contribution in [1.29, 1.82) is 0 Å². The van der Waals surface area contributed by atoms with Crippen LogP contribution in [0.2, 0.25) is 0 Å². The lowest BCUT2D eigenvalue weighted by Gasteiger charge is -2.19. The van der Waals surface area contributed by atoms with Gasteiger partial charge in [-0.2, -0.15) is 0 Å². The zero-order valence-corrected chi connectivity index (χ0v) is 16.0. The van der Waals surface area contributed by atoms with E-state index in [-0.39, 0.29) is 11.2 Å². The molecule has 136 valence electrons. The topological polar surface area (TPSA) is 33.4 Å². The molecule has 0 saturated heterocycles. The Bertz CT molecular complexity index is 1070. The molecule has 2 heteroatoms. The molecule has 4 rings (SSSR count). The highest BCUT2D eigenvalue weighted by atomic mass is 16.4. The van der Waals surface area contributed by atoms with Gasteiger partial charge in [0, 0.05) is 17.4 Å². The first-order valence-corrected chi connectivity index (χ1v) is 9.32. The Labute approximate surface area is 160 Å². The summed E-state index contributed by atoms with van der Waals surface area (Å²) in [6, 6.07) is 24.6. The van der Waals surface area contributed by atoms with Crippen molar-refractivity contribution in [2.24, 2.45) is 0 Å². The van der Waals surface area contributed by atoms with Crippen LogP contribution >= 0.6 is 0 Å². The minimum atomic E-state index is -0.0590. The first-order valence-electron chi connectivity index (χ1n) is 9.32. The normalized spacial score (nSPS) is 11.8. The average molecular weight is 356 g/mol. The third-order valence-corrected chi connectivity index (χ3v) is 4.98. The molecule has 4 aromatic rings. The summed E-state index contributed by atoms with van der Waals surface area (Å²) >= 11 is 0. The summed E-state index contributed by atoms with van der Waals surface area (Å²) < 4.78 is 6.21. The predicted molar refractivity (Wildman–Crippen MR) is 111 cm³/mol. The third kappa shape index (κ3) is 3.35. The molecule has 3 aromatic carbocycles. The summed E-state index contributed by atoms with van der Waals surface area (Å²) in [6.45, 7) is 6.46. The zero-order chi connectivity index (χ0) is 19.0. The Balaban J connectivity index is 1.98. The first kappa shape index (κ1) is 17.4. The van der Waals surface area contributed by atoms with E-state index in [9.17, 15) is 5.11 Å². The van der Waals surface area contributed by atoms with Gasteiger partial charge in [0.2, 0.25) is 0 Å². The smallest absolute Gasteiger partial charge is 0.176 e. The maximum absolute atomic E-state index is 10.7. The number of furan rings is 1. The van der Waals surface area contributed by atoms with E-state index in [1.54, 1.807) is 0 Å². The minimum absolute atomic E-state index is 0.0590. The van der Waals surface area contributed by atoms with E-state index >= 15 is 0 Å². The molecular weight excluding hydrogens is 332 g/mol. The summed E-state index contributed by atoms with van der Waals surface area (Å²) in [6.07, 6.45) is 0.685. The highest BCUT2D eigenvalue weighted by Crippen LogP contribution is 2.42. The van der Waals surface area contributed by atoms with E-state index in [2.05, 4.69) is 51.1 Å². The van der Waals surface area contributed by atoms with Crippen LogP contribution in [0.3, 0.4) is 0 Å². The van der Waals surface area contributed by atoms with E-state index in [4.69, 9.17) is 4.42 Å². The van der Waals surface area contributed by atoms with Crippen molar-refractivity contribution in [2.75, 3.05) is 0 Å². The maximum atomic E-state index is 10.7. The molecule has 0 radical (unpaired) electrons. The van der Waals surface area contributed by atoms with Gasteiger partial charge >= 0.3 is 0 Å². The van der Waals surface area contributed by atoms with E-state index in [0.29, 0.717) is 12.0 Å². The lowest BCUT2D eigenvalue weighted by atomic mass is 9.85. The van der Waals surface area contributed by atoms with Crippen LogP contribution < -0.4 is 0 Å². The Morgan fingerprint density at radius 1 is 0.852 bits per heavy atom. The highest BCUT2D eigenvalue weighted by Gasteiger charge is 2.23. The molecule has 0 atom stereocenters. The van der Waals surface area contributed by atoms with Gasteiger partial charge in [0.05, 0.1) is 0 Å². The SMILES string of the molecule is CC(C)(C)c1cc(O)c2oc(Cc3ccccc3)c(-c3ccccc3)c2c1. The second kappa shape index (κ2) is 6.62. The highest BCUT2D eigenvalue weighted by molar-refractivity contribution is 5.99. The van der Waals surface area contributed by atoms with Gasteiger partial charge < -0.3 is 9.52 Å². The van der Waals surface area contributed by atoms with E-state index in [1.807, 2.05) is 42.5 Å². The molecule has 0 bridgehead atoms. The molecule has 0 fully saturated rings. The molecule has 1 heterocycles. The Kier molecular flexibility index (Phi) is 4.27. The maximum Gasteiger partial charge on any atom is 0.176 e. The molecule has 2 nitrogen and oxygen atoms in total. The average Bonchev–Trinajstić information content (AvgIpc) is 3.01. The van der Waals surface area contributed by atoms with Crippen molar-refractivity contribution in [2.45, 2.75) is 32.6 Å². The molecule has 0 aliphatic carbocycles. The zero-order valence-electron chi connectivity index (χ0n) is 16.0. The van der Waals surface area contributed by atoms with Gasteiger partial charge in [-0.3, -0.25) is 0 Å². The number of rotatable bonds is 3. The van der Waals surface area contributed by atoms with Crippen LogP contribution in [-0.2, 0) is 11.8 Å². The molecule has 0 aliphatic heterocycles. The molecule has 27 heavy (non-hydrogen) atoms. The summed E-state index contributed by atoms with van der Waals surface area (Å²) in [5, 5.41) is 11.6. The quantitative estimate of drug-likeness (QED) is 0.443. The molecule has 0 unspecified atom stereocenters. The van der Waals surface area contributed by atoms with Gasteiger partial charge in [0.1, 0.15) is 5.76 Å². The number of benzene rings is 3. The van der Waals surface area contributed by atoms with Crippen LogP contribution in [0.5, 0.6) is 5.75 Å². The van der Waals surface area contributed by atoms with Gasteiger partial charge in [-0.15, -0.1) is 0 Å². The number of phenols is 1. The van der Waals surface area contributed by atoms with Crippen LogP contribution in [-0.4, -0.2) is 5.11 Å². The predicted octanol–water partition coefficient (Wildman–Crippen LogP) is 6.69. The number of aromatic hydroxyl groups is 1. The van der Waals surface area contributed by atoms with Gasteiger partial charge in [0.15, 0.2) is 11.3 Å². The fraction of sp³-hybridized carbons (Fsp3) is 0.200. The number of hydrogen-bond acceptors (Lipinski definition) is 2. The first-order chi connectivity index (χ1) is 12.9. The molecule has 0 spiro atoms. The fourth-order valence-corrected chi connectivity index (χ4v) is 3.49. The van der Waals surface area contributed by atoms with Crippen molar-refractivity contribution >= 4 is 11.0 Å². The lowest BCUT2D eigenvalue weighted by Crippen LogP contribution is -2.10. The summed E-state index contributed by atoms with van der Waals surface area (Å²) in [5.74, 6) is 1.08. The van der Waals surface area contributed by atoms with E-state index in [1.165, 1.54) is 5.56 Å². The molecule has 0 saturated carbocycles. The second-order valence-corrected chi connectivity index (χ2v) is 8.05. The third-order valence-electron chi connectivity index (χ3n) is 4.98. The van der Waals surface area contributed by atoms with Crippen molar-refractivity contribution in [3.63, 3.8) is 0 Å². The monoisotopic (exact) mass is 356 g/mol. The molecule has 1 aromatic heterocycles. The number of phenolic OH excluding ortho intramolecular Hbond substituents is 1. The summed E-state index contributed by atoms with van der Waals surface area (Å²) in [5.41, 5.74) is 4.95. The van der Waals surface area contributed by atoms with Crippen molar-refractivity contribution in [3.8, 4) is 16.9 Å². The Hall–Kier alpha value is -3.00. The second-order valence-electron chi connectivity index (χ2n) is 8.05. The van der Waals surface area contributed by atoms with Crippen molar-refractivity contribution < 1.29 is 9.52 Å². The van der Waals surface area contributed by atoms with Crippen molar-refractivity contribution in [3.05, 3.63) is 89.7 Å². The Morgan fingerprint density at radius 3 is 2.11 bits per heavy atom. The van der Waals surface area contributed by atoms with Gasteiger partial charge in [-0.05, 0) is 34.2 Å². The van der Waals surface area contributed by atoms with Crippen LogP contribution in [0.25, 0.3) is 22.1 Å². The van der Waals surface area contributed by atoms with Gasteiger partial charge in [-0.1, -0.05) is 81.4 Å². The number of fused-ring (bicyclic) bond motifs is 1. The van der Waals surface area contributed by atoms with E-state index < -0.39 is 0 Å². The van der Waals surface area contributed by atoms with Crippen LogP contribution in [0.15, 0.2) is 77.2 Å². The van der Waals surface area contributed by atoms with E-state index in [0.717, 1.165) is 27.8 Å². The van der Waals surface area contributed by atoms with Gasteiger partial charge in [0.25, 0.3) is 0 Å². The van der Waals surface area contributed by atoms with Crippen molar-refractivity contribution in [1.82, 2.24) is 0 Å². The molecule has 1 N–H and O–H groups in total. The number of hydrogen-bond donors (Lipinski definition) is 1. The molecule has 0 amide bonds. The van der Waals surface area contributed by atoms with Crippen LogP contribution in [0.4, 0.5) is 0 Å². The largest absolute Gasteiger partial charge is 0.504 e. The summed E-state index contributed by atoms with van der Waals surface area (Å²) in [4.78, 5) is 0. The van der Waals surface area contributed by atoms with Gasteiger partial charge in [-0.25, -0.2) is 0 Å². The van der Waals surface area contributed by atoms with Crippen LogP contribution in [0.1, 0.15) is 37.7 Å². The molecule has 0 aliphatic rings. The summed E-state index contributed by atoms with van der Waals surface area (Å²) in [7, 11) is 0. The lowest BCUT2D eigenvalue weighted by molar-refractivity contribution is 0.456. The molecular formula is C25H24O2.